The number of aliphatic hydroxyl groups is 1. The molecule has 0 aliphatic heterocycles. The lowest BCUT2D eigenvalue weighted by Gasteiger charge is -2.05. The van der Waals surface area contributed by atoms with E-state index in [0.29, 0.717) is 0 Å². The highest BCUT2D eigenvalue weighted by atomic mass is 16.2. The van der Waals surface area contributed by atoms with Crippen molar-refractivity contribution in [3.8, 4) is 0 Å². The molecule has 1 saturated carbocycles. The highest BCUT2D eigenvalue weighted by Crippen LogP contribution is 2.15. The standard InChI is InChI=1S/C6H12.C3H8.C2H6O/c1-2-4-6-5-3-1;1-3-2;1-2-3/h1-6H2;3H2,1-2H3;3H,2H2,1H3. The zero-order valence-corrected chi connectivity index (χ0v) is 9.10. The van der Waals surface area contributed by atoms with Crippen molar-refractivity contribution in [1.29, 1.82) is 0 Å². The van der Waals surface area contributed by atoms with Crippen LogP contribution in [0.4, 0.5) is 0 Å². The number of rotatable bonds is 0. The summed E-state index contributed by atoms with van der Waals surface area (Å²) in [6, 6.07) is 0. The minimum absolute atomic E-state index is 0.250. The van der Waals surface area contributed by atoms with Crippen LogP contribution in [0.3, 0.4) is 0 Å². The first-order valence-corrected chi connectivity index (χ1v) is 5.44. The molecule has 1 heteroatoms. The maximum absolute atomic E-state index is 7.57. The molecule has 1 aliphatic carbocycles. The van der Waals surface area contributed by atoms with Crippen LogP contribution in [-0.2, 0) is 0 Å². The van der Waals surface area contributed by atoms with E-state index in [1.54, 1.807) is 6.92 Å². The lowest BCUT2D eigenvalue weighted by atomic mass is 10.0. The van der Waals surface area contributed by atoms with E-state index in [9.17, 15) is 0 Å². The highest BCUT2D eigenvalue weighted by Gasteiger charge is 1.95. The molecular formula is C11H26O. The average molecular weight is 174 g/mol. The van der Waals surface area contributed by atoms with Gasteiger partial charge in [0.1, 0.15) is 0 Å². The smallest absolute Gasteiger partial charge is 0.0402 e. The van der Waals surface area contributed by atoms with E-state index in [4.69, 9.17) is 5.11 Å². The Labute approximate surface area is 78.2 Å². The minimum Gasteiger partial charge on any atom is -0.397 e. The van der Waals surface area contributed by atoms with Crippen molar-refractivity contribution in [3.05, 3.63) is 0 Å². The van der Waals surface area contributed by atoms with Crippen molar-refractivity contribution in [2.75, 3.05) is 6.61 Å². The van der Waals surface area contributed by atoms with E-state index >= 15 is 0 Å². The second-order valence-electron chi connectivity index (χ2n) is 3.14. The normalized spacial score (nSPS) is 15.0. The van der Waals surface area contributed by atoms with Crippen LogP contribution in [0.1, 0.15) is 65.7 Å². The summed E-state index contributed by atoms with van der Waals surface area (Å²) in [5.41, 5.74) is 0. The summed E-state index contributed by atoms with van der Waals surface area (Å²) in [4.78, 5) is 0. The number of hydrogen-bond donors (Lipinski definition) is 1. The molecule has 0 spiro atoms. The molecule has 1 nitrogen and oxygen atoms in total. The molecular weight excluding hydrogens is 148 g/mol. The van der Waals surface area contributed by atoms with Gasteiger partial charge in [0.15, 0.2) is 0 Å². The van der Waals surface area contributed by atoms with Gasteiger partial charge in [-0.3, -0.25) is 0 Å². The van der Waals surface area contributed by atoms with Gasteiger partial charge in [-0.2, -0.15) is 0 Å². The maximum Gasteiger partial charge on any atom is 0.0402 e. The Morgan fingerprint density at radius 2 is 0.833 bits per heavy atom. The first-order valence-electron chi connectivity index (χ1n) is 5.44. The van der Waals surface area contributed by atoms with Crippen LogP contribution in [0.5, 0.6) is 0 Å². The van der Waals surface area contributed by atoms with Gasteiger partial charge in [-0.25, -0.2) is 0 Å². The molecule has 1 rings (SSSR count). The van der Waals surface area contributed by atoms with Crippen molar-refractivity contribution in [2.24, 2.45) is 0 Å². The predicted molar refractivity (Wildman–Crippen MR) is 56.4 cm³/mol. The van der Waals surface area contributed by atoms with E-state index in [2.05, 4.69) is 13.8 Å². The van der Waals surface area contributed by atoms with Crippen molar-refractivity contribution in [3.63, 3.8) is 0 Å². The Kier molecular flexibility index (Phi) is 20.7. The van der Waals surface area contributed by atoms with Crippen LogP contribution < -0.4 is 0 Å². The van der Waals surface area contributed by atoms with Gasteiger partial charge in [-0.15, -0.1) is 0 Å². The van der Waals surface area contributed by atoms with Crippen LogP contribution in [0, 0.1) is 0 Å². The molecule has 0 aromatic rings. The molecule has 12 heavy (non-hydrogen) atoms. The second-order valence-corrected chi connectivity index (χ2v) is 3.14. The Morgan fingerprint density at radius 3 is 0.917 bits per heavy atom. The van der Waals surface area contributed by atoms with Crippen LogP contribution in [0.2, 0.25) is 0 Å². The molecule has 0 aromatic heterocycles. The number of aliphatic hydroxyl groups excluding tert-OH is 1. The van der Waals surface area contributed by atoms with Gasteiger partial charge in [0.05, 0.1) is 0 Å². The minimum atomic E-state index is 0.250. The van der Waals surface area contributed by atoms with Gasteiger partial charge in [0.2, 0.25) is 0 Å². The third kappa shape index (κ3) is 22.5. The van der Waals surface area contributed by atoms with Gasteiger partial charge >= 0.3 is 0 Å². The summed E-state index contributed by atoms with van der Waals surface area (Å²) in [7, 11) is 0. The van der Waals surface area contributed by atoms with E-state index in [-0.39, 0.29) is 6.61 Å². The van der Waals surface area contributed by atoms with E-state index in [1.165, 1.54) is 44.9 Å². The van der Waals surface area contributed by atoms with Gasteiger partial charge in [0.25, 0.3) is 0 Å². The van der Waals surface area contributed by atoms with E-state index < -0.39 is 0 Å². The monoisotopic (exact) mass is 174 g/mol. The van der Waals surface area contributed by atoms with E-state index in [0.717, 1.165) is 0 Å². The molecule has 0 bridgehead atoms. The first kappa shape index (κ1) is 14.5. The van der Waals surface area contributed by atoms with Crippen molar-refractivity contribution >= 4 is 0 Å². The van der Waals surface area contributed by atoms with Crippen molar-refractivity contribution in [2.45, 2.75) is 65.7 Å². The molecule has 0 radical (unpaired) electrons. The largest absolute Gasteiger partial charge is 0.397 e. The summed E-state index contributed by atoms with van der Waals surface area (Å²) in [5.74, 6) is 0. The summed E-state index contributed by atoms with van der Waals surface area (Å²) in [6.07, 6.45) is 10.2. The summed E-state index contributed by atoms with van der Waals surface area (Å²) >= 11 is 0. The summed E-state index contributed by atoms with van der Waals surface area (Å²) in [5, 5.41) is 7.57. The molecule has 76 valence electrons. The third-order valence-electron chi connectivity index (χ3n) is 1.50. The average Bonchev–Trinajstić information content (AvgIpc) is 2.10. The van der Waals surface area contributed by atoms with Crippen LogP contribution in [0.25, 0.3) is 0 Å². The zero-order valence-electron chi connectivity index (χ0n) is 9.10. The fraction of sp³-hybridized carbons (Fsp3) is 1.00. The summed E-state index contributed by atoms with van der Waals surface area (Å²) in [6.45, 7) is 6.18. The van der Waals surface area contributed by atoms with Gasteiger partial charge < -0.3 is 5.11 Å². The molecule has 0 aromatic carbocycles. The molecule has 1 aliphatic rings. The van der Waals surface area contributed by atoms with Crippen molar-refractivity contribution < 1.29 is 5.11 Å². The number of hydrogen-bond acceptors (Lipinski definition) is 1. The Balaban J connectivity index is 0. The van der Waals surface area contributed by atoms with Gasteiger partial charge in [-0.05, 0) is 6.92 Å². The van der Waals surface area contributed by atoms with Gasteiger partial charge in [-0.1, -0.05) is 58.8 Å². The lowest BCUT2D eigenvalue weighted by molar-refractivity contribution is 0.318. The first-order chi connectivity index (χ1) is 5.83. The van der Waals surface area contributed by atoms with Crippen LogP contribution in [0.15, 0.2) is 0 Å². The molecule has 0 atom stereocenters. The molecule has 0 amide bonds. The quantitative estimate of drug-likeness (QED) is 0.593. The predicted octanol–water partition coefficient (Wildman–Crippen LogP) is 3.76. The Bertz CT molecular complexity index is 35.5. The van der Waals surface area contributed by atoms with Crippen molar-refractivity contribution in [1.82, 2.24) is 0 Å². The van der Waals surface area contributed by atoms with E-state index in [1.807, 2.05) is 0 Å². The Hall–Kier alpha value is -0.0400. The fourth-order valence-electron chi connectivity index (χ4n) is 1.06. The Morgan fingerprint density at radius 1 is 0.750 bits per heavy atom. The van der Waals surface area contributed by atoms with Crippen LogP contribution >= 0.6 is 0 Å². The SMILES string of the molecule is C1CCCCC1.CCC.CCO. The zero-order chi connectivity index (χ0) is 9.66. The topological polar surface area (TPSA) is 20.2 Å². The fourth-order valence-corrected chi connectivity index (χ4v) is 1.06. The molecule has 0 saturated heterocycles. The molecule has 0 unspecified atom stereocenters. The van der Waals surface area contributed by atoms with Gasteiger partial charge in [0, 0.05) is 6.61 Å². The molecule has 0 heterocycles. The lowest BCUT2D eigenvalue weighted by Crippen LogP contribution is -1.85. The van der Waals surface area contributed by atoms with Crippen LogP contribution in [-0.4, -0.2) is 11.7 Å². The second kappa shape index (κ2) is 17.2. The summed E-state index contributed by atoms with van der Waals surface area (Å²) < 4.78 is 0. The molecule has 1 N–H and O–H groups in total. The maximum atomic E-state index is 7.57. The molecule has 1 fully saturated rings. The highest BCUT2D eigenvalue weighted by molar-refractivity contribution is 4.51. The third-order valence-corrected chi connectivity index (χ3v) is 1.50.